The smallest absolute Gasteiger partial charge is 0.409 e. The summed E-state index contributed by atoms with van der Waals surface area (Å²) < 4.78 is 10.8. The molecular formula is C26H25ClN4O4. The minimum absolute atomic E-state index is 0.101. The molecule has 2 aromatic carbocycles. The minimum Gasteiger partial charge on any atom is -0.449 e. The summed E-state index contributed by atoms with van der Waals surface area (Å²) in [7, 11) is 0. The van der Waals surface area contributed by atoms with Crippen LogP contribution in [-0.2, 0) is 4.74 Å². The monoisotopic (exact) mass is 492 g/mol. The Balaban J connectivity index is 1.37. The zero-order valence-electron chi connectivity index (χ0n) is 19.6. The standard InChI is InChI=1S/C26H25ClN4O4/c1-3-12-34-26(33)31-10-8-30(9-11-31)25(32)18-4-6-19-20(27)15-21(29-22(19)14-18)17-5-7-24-23(13-17)28-16(2)35-24/h4-7,13-15H,3,8-12H2,1-2H3. The first-order chi connectivity index (χ1) is 16.9. The van der Waals surface area contributed by atoms with E-state index in [1.54, 1.807) is 28.9 Å². The van der Waals surface area contributed by atoms with E-state index in [4.69, 9.17) is 25.7 Å². The van der Waals surface area contributed by atoms with Gasteiger partial charge in [0.25, 0.3) is 5.91 Å². The van der Waals surface area contributed by atoms with Crippen LogP contribution in [0.25, 0.3) is 33.3 Å². The van der Waals surface area contributed by atoms with Crippen molar-refractivity contribution >= 4 is 45.6 Å². The third-order valence-electron chi connectivity index (χ3n) is 6.05. The number of ether oxygens (including phenoxy) is 1. The molecule has 0 spiro atoms. The lowest BCUT2D eigenvalue weighted by Gasteiger charge is -2.34. The number of carbonyl (C=O) groups is 2. The molecule has 1 aliphatic heterocycles. The molecule has 2 aromatic heterocycles. The average molecular weight is 493 g/mol. The SMILES string of the molecule is CCCOC(=O)N1CCN(C(=O)c2ccc3c(Cl)cc(-c4ccc5oc(C)nc5c4)nc3c2)CC1. The normalized spacial score (nSPS) is 14.0. The molecule has 9 heteroatoms. The van der Waals surface area contributed by atoms with Gasteiger partial charge in [-0.25, -0.2) is 14.8 Å². The number of hydrogen-bond donors (Lipinski definition) is 0. The van der Waals surface area contributed by atoms with Gasteiger partial charge in [0.15, 0.2) is 11.5 Å². The van der Waals surface area contributed by atoms with E-state index >= 15 is 0 Å². The van der Waals surface area contributed by atoms with E-state index in [1.807, 2.05) is 37.3 Å². The van der Waals surface area contributed by atoms with Crippen molar-refractivity contribution in [3.05, 3.63) is 58.9 Å². The molecule has 0 N–H and O–H groups in total. The molecule has 1 saturated heterocycles. The fraction of sp³-hybridized carbons (Fsp3) is 0.308. The van der Waals surface area contributed by atoms with E-state index in [9.17, 15) is 9.59 Å². The number of rotatable bonds is 4. The molecule has 0 radical (unpaired) electrons. The number of aryl methyl sites for hydroxylation is 1. The Morgan fingerprint density at radius 2 is 1.77 bits per heavy atom. The number of amides is 2. The van der Waals surface area contributed by atoms with Crippen LogP contribution >= 0.6 is 11.6 Å². The maximum absolute atomic E-state index is 13.2. The van der Waals surface area contributed by atoms with Gasteiger partial charge >= 0.3 is 6.09 Å². The Morgan fingerprint density at radius 3 is 2.54 bits per heavy atom. The highest BCUT2D eigenvalue weighted by atomic mass is 35.5. The van der Waals surface area contributed by atoms with Gasteiger partial charge in [0.1, 0.15) is 5.52 Å². The van der Waals surface area contributed by atoms with Gasteiger partial charge in [0, 0.05) is 49.6 Å². The molecule has 0 atom stereocenters. The summed E-state index contributed by atoms with van der Waals surface area (Å²) in [5, 5.41) is 1.33. The molecule has 0 aliphatic carbocycles. The Kier molecular flexibility index (Phi) is 6.30. The highest BCUT2D eigenvalue weighted by molar-refractivity contribution is 6.35. The molecule has 35 heavy (non-hydrogen) atoms. The van der Waals surface area contributed by atoms with Crippen LogP contribution in [0.2, 0.25) is 5.02 Å². The van der Waals surface area contributed by atoms with E-state index in [0.717, 1.165) is 22.9 Å². The van der Waals surface area contributed by atoms with Crippen molar-refractivity contribution in [1.29, 1.82) is 0 Å². The molecule has 0 bridgehead atoms. The number of hydrogen-bond acceptors (Lipinski definition) is 6. The van der Waals surface area contributed by atoms with Gasteiger partial charge in [-0.2, -0.15) is 0 Å². The molecule has 8 nitrogen and oxygen atoms in total. The molecule has 0 unspecified atom stereocenters. The zero-order valence-corrected chi connectivity index (χ0v) is 20.3. The van der Waals surface area contributed by atoms with E-state index in [-0.39, 0.29) is 12.0 Å². The lowest BCUT2D eigenvalue weighted by molar-refractivity contribution is 0.0560. The van der Waals surface area contributed by atoms with Crippen molar-refractivity contribution in [2.24, 2.45) is 0 Å². The van der Waals surface area contributed by atoms with Crippen LogP contribution in [0.5, 0.6) is 0 Å². The summed E-state index contributed by atoms with van der Waals surface area (Å²) >= 11 is 6.58. The van der Waals surface area contributed by atoms with Crippen molar-refractivity contribution < 1.29 is 18.7 Å². The summed E-state index contributed by atoms with van der Waals surface area (Å²) in [6, 6.07) is 12.9. The second-order valence-corrected chi connectivity index (χ2v) is 8.94. The van der Waals surface area contributed by atoms with Crippen molar-refractivity contribution in [2.75, 3.05) is 32.8 Å². The second-order valence-electron chi connectivity index (χ2n) is 8.53. The van der Waals surface area contributed by atoms with Crippen LogP contribution in [0, 0.1) is 6.92 Å². The van der Waals surface area contributed by atoms with Gasteiger partial charge in [-0.05, 0) is 42.8 Å². The van der Waals surface area contributed by atoms with Crippen LogP contribution < -0.4 is 0 Å². The van der Waals surface area contributed by atoms with Crippen molar-refractivity contribution in [3.63, 3.8) is 0 Å². The van der Waals surface area contributed by atoms with E-state index < -0.39 is 0 Å². The first kappa shape index (κ1) is 23.1. The quantitative estimate of drug-likeness (QED) is 0.383. The fourth-order valence-electron chi connectivity index (χ4n) is 4.22. The van der Waals surface area contributed by atoms with Crippen LogP contribution in [0.15, 0.2) is 46.9 Å². The first-order valence-electron chi connectivity index (χ1n) is 11.6. The van der Waals surface area contributed by atoms with Gasteiger partial charge in [0.05, 0.1) is 22.8 Å². The second kappa shape index (κ2) is 9.54. The molecular weight excluding hydrogens is 468 g/mol. The molecule has 0 saturated carbocycles. The molecule has 2 amide bonds. The van der Waals surface area contributed by atoms with Crippen molar-refractivity contribution in [1.82, 2.24) is 19.8 Å². The summed E-state index contributed by atoms with van der Waals surface area (Å²) in [6.07, 6.45) is 0.454. The molecule has 1 fully saturated rings. The Bertz CT molecular complexity index is 1430. The van der Waals surface area contributed by atoms with Crippen LogP contribution in [0.1, 0.15) is 29.6 Å². The Labute approximate surface area is 207 Å². The number of nitrogens with zero attached hydrogens (tertiary/aromatic N) is 4. The number of pyridine rings is 1. The summed E-state index contributed by atoms with van der Waals surface area (Å²) in [4.78, 5) is 37.8. The maximum Gasteiger partial charge on any atom is 0.409 e. The number of oxazole rings is 1. The fourth-order valence-corrected chi connectivity index (χ4v) is 4.49. The zero-order chi connectivity index (χ0) is 24.5. The predicted octanol–water partition coefficient (Wildman–Crippen LogP) is 5.31. The first-order valence-corrected chi connectivity index (χ1v) is 12.0. The molecule has 180 valence electrons. The largest absolute Gasteiger partial charge is 0.449 e. The third-order valence-corrected chi connectivity index (χ3v) is 6.36. The third kappa shape index (κ3) is 4.66. The van der Waals surface area contributed by atoms with E-state index in [2.05, 4.69) is 4.98 Å². The summed E-state index contributed by atoms with van der Waals surface area (Å²) in [5.41, 5.74) is 4.18. The molecule has 1 aliphatic rings. The average Bonchev–Trinajstić information content (AvgIpc) is 3.25. The Morgan fingerprint density at radius 1 is 1.00 bits per heavy atom. The predicted molar refractivity (Wildman–Crippen MR) is 134 cm³/mol. The van der Waals surface area contributed by atoms with Gasteiger partial charge < -0.3 is 19.0 Å². The number of benzene rings is 2. The van der Waals surface area contributed by atoms with Crippen LogP contribution in [0.3, 0.4) is 0 Å². The highest BCUT2D eigenvalue weighted by Gasteiger charge is 2.26. The highest BCUT2D eigenvalue weighted by Crippen LogP contribution is 2.30. The van der Waals surface area contributed by atoms with E-state index in [1.165, 1.54) is 0 Å². The number of fused-ring (bicyclic) bond motifs is 2. The lowest BCUT2D eigenvalue weighted by atomic mass is 10.1. The van der Waals surface area contributed by atoms with E-state index in [0.29, 0.717) is 66.1 Å². The van der Waals surface area contributed by atoms with Gasteiger partial charge in [-0.3, -0.25) is 4.79 Å². The van der Waals surface area contributed by atoms with Crippen LogP contribution in [-0.4, -0.2) is 64.6 Å². The number of piperazine rings is 1. The summed E-state index contributed by atoms with van der Waals surface area (Å²) in [6.45, 7) is 5.95. The minimum atomic E-state index is -0.324. The van der Waals surface area contributed by atoms with Crippen molar-refractivity contribution in [2.45, 2.75) is 20.3 Å². The van der Waals surface area contributed by atoms with Crippen LogP contribution in [0.4, 0.5) is 4.79 Å². The molecule has 5 rings (SSSR count). The number of carbonyl (C=O) groups excluding carboxylic acids is 2. The Hall–Kier alpha value is -3.65. The molecule has 3 heterocycles. The molecule has 4 aromatic rings. The topological polar surface area (TPSA) is 88.8 Å². The van der Waals surface area contributed by atoms with Gasteiger partial charge in [-0.15, -0.1) is 0 Å². The lowest BCUT2D eigenvalue weighted by Crippen LogP contribution is -2.50. The van der Waals surface area contributed by atoms with Gasteiger partial charge in [-0.1, -0.05) is 24.6 Å². The van der Waals surface area contributed by atoms with Crippen molar-refractivity contribution in [3.8, 4) is 11.3 Å². The number of halogens is 1. The maximum atomic E-state index is 13.2. The summed E-state index contributed by atoms with van der Waals surface area (Å²) in [5.74, 6) is 0.500. The van der Waals surface area contributed by atoms with Gasteiger partial charge in [0.2, 0.25) is 0 Å². The number of aromatic nitrogens is 2.